The van der Waals surface area contributed by atoms with E-state index >= 15 is 0 Å². The van der Waals surface area contributed by atoms with Crippen LogP contribution in [0.3, 0.4) is 0 Å². The van der Waals surface area contributed by atoms with Gasteiger partial charge in [-0.05, 0) is 84.9 Å². The summed E-state index contributed by atoms with van der Waals surface area (Å²) >= 11 is 0. The summed E-state index contributed by atoms with van der Waals surface area (Å²) in [5.74, 6) is 1.52. The number of azo groups is 1. The van der Waals surface area contributed by atoms with Gasteiger partial charge in [-0.2, -0.15) is 5.11 Å². The number of hydrogen-bond donors (Lipinski definition) is 0. The predicted molar refractivity (Wildman–Crippen MR) is 162 cm³/mol. The fraction of sp³-hybridized carbons (Fsp3) is 0.471. The zero-order chi connectivity index (χ0) is 27.6. The van der Waals surface area contributed by atoms with E-state index in [4.69, 9.17) is 14.6 Å². The molecule has 0 atom stereocenters. The molecule has 2 aromatic carbocycles. The molecule has 4 heteroatoms. The normalized spacial score (nSPS) is 12.0. The Hall–Kier alpha value is -3.14. The van der Waals surface area contributed by atoms with Crippen molar-refractivity contribution in [2.24, 2.45) is 10.2 Å². The van der Waals surface area contributed by atoms with Crippen molar-refractivity contribution in [3.05, 3.63) is 83.8 Å². The van der Waals surface area contributed by atoms with Crippen LogP contribution in [0, 0.1) is 0 Å². The molecule has 0 fully saturated rings. The third-order valence-electron chi connectivity index (χ3n) is 6.74. The van der Waals surface area contributed by atoms with Crippen molar-refractivity contribution in [1.29, 1.82) is 0 Å². The van der Waals surface area contributed by atoms with Crippen molar-refractivity contribution in [3.8, 4) is 16.9 Å². The summed E-state index contributed by atoms with van der Waals surface area (Å²) in [6.07, 6.45) is 17.8. The molecule has 0 radical (unpaired) electrons. The summed E-state index contributed by atoms with van der Waals surface area (Å²) in [6.45, 7) is 13.3. The Morgan fingerprint density at radius 2 is 1.42 bits per heavy atom. The summed E-state index contributed by atoms with van der Waals surface area (Å²) in [4.78, 5) is 0. The van der Waals surface area contributed by atoms with Gasteiger partial charge in [0.25, 0.3) is 0 Å². The van der Waals surface area contributed by atoms with E-state index in [2.05, 4.69) is 56.7 Å². The molecule has 4 nitrogen and oxygen atoms in total. The smallest absolute Gasteiger partial charge is 0.118 e. The van der Waals surface area contributed by atoms with Gasteiger partial charge in [0.1, 0.15) is 11.5 Å². The molecule has 0 aliphatic heterocycles. The summed E-state index contributed by atoms with van der Waals surface area (Å²) in [5, 5.41) is 9.26. The van der Waals surface area contributed by atoms with E-state index in [9.17, 15) is 0 Å². The van der Waals surface area contributed by atoms with E-state index in [1.165, 1.54) is 67.2 Å². The van der Waals surface area contributed by atoms with E-state index < -0.39 is 0 Å². The first-order valence-electron chi connectivity index (χ1n) is 14.4. The summed E-state index contributed by atoms with van der Waals surface area (Å²) in [5.41, 5.74) is 6.49. The van der Waals surface area contributed by atoms with Crippen molar-refractivity contribution < 1.29 is 9.47 Å². The highest BCUT2D eigenvalue weighted by Crippen LogP contribution is 2.33. The predicted octanol–water partition coefficient (Wildman–Crippen LogP) is 10.7. The van der Waals surface area contributed by atoms with E-state index in [0.717, 1.165) is 36.4 Å². The van der Waals surface area contributed by atoms with Gasteiger partial charge in [-0.3, -0.25) is 0 Å². The van der Waals surface area contributed by atoms with Crippen LogP contribution in [0.1, 0.15) is 90.2 Å². The number of benzene rings is 2. The Morgan fingerprint density at radius 1 is 0.816 bits per heavy atom. The van der Waals surface area contributed by atoms with Gasteiger partial charge < -0.3 is 9.47 Å². The number of methoxy groups -OCH3 is 1. The van der Waals surface area contributed by atoms with Crippen molar-refractivity contribution in [3.63, 3.8) is 0 Å². The molecular formula is C34H48N2O2. The fourth-order valence-electron chi connectivity index (χ4n) is 4.34. The highest BCUT2D eigenvalue weighted by atomic mass is 16.5. The zero-order valence-corrected chi connectivity index (χ0v) is 24.4. The molecule has 206 valence electrons. The first-order chi connectivity index (χ1) is 18.6. The summed E-state index contributed by atoms with van der Waals surface area (Å²) in [6, 6.07) is 12.6. The maximum atomic E-state index is 5.80. The fourth-order valence-corrected chi connectivity index (χ4v) is 4.34. The molecule has 2 rings (SSSR count). The van der Waals surface area contributed by atoms with Crippen molar-refractivity contribution in [2.75, 3.05) is 13.7 Å². The summed E-state index contributed by atoms with van der Waals surface area (Å²) in [7, 11) is 1.69. The SMILES string of the molecule is C=C(/C=C\C(=C/C)N=Nc1c(CC)cc(-c2ccc(OC)cc2)cc1CC)OCCCCCCCCCC. The average molecular weight is 517 g/mol. The quantitative estimate of drug-likeness (QED) is 0.0855. The van der Waals surface area contributed by atoms with E-state index in [1.807, 2.05) is 37.3 Å². The van der Waals surface area contributed by atoms with Crippen molar-refractivity contribution in [1.82, 2.24) is 0 Å². The molecule has 38 heavy (non-hydrogen) atoms. The van der Waals surface area contributed by atoms with Gasteiger partial charge in [0.2, 0.25) is 0 Å². The molecule has 0 saturated carbocycles. The third-order valence-corrected chi connectivity index (χ3v) is 6.74. The van der Waals surface area contributed by atoms with Crippen molar-refractivity contribution in [2.45, 2.75) is 91.9 Å². The molecule has 0 aromatic heterocycles. The van der Waals surface area contributed by atoms with E-state index in [0.29, 0.717) is 12.4 Å². The minimum atomic E-state index is 0.662. The van der Waals surface area contributed by atoms with Crippen LogP contribution in [0.2, 0.25) is 0 Å². The molecule has 0 amide bonds. The minimum absolute atomic E-state index is 0.662. The van der Waals surface area contributed by atoms with Gasteiger partial charge in [-0.25, -0.2) is 0 Å². The summed E-state index contributed by atoms with van der Waals surface area (Å²) < 4.78 is 11.1. The van der Waals surface area contributed by atoms with Gasteiger partial charge in [0.15, 0.2) is 0 Å². The number of allylic oxidation sites excluding steroid dienone is 3. The van der Waals surface area contributed by atoms with Gasteiger partial charge in [0.05, 0.1) is 25.1 Å². The molecule has 0 bridgehead atoms. The molecule has 0 unspecified atom stereocenters. The lowest BCUT2D eigenvalue weighted by Crippen LogP contribution is -1.93. The van der Waals surface area contributed by atoms with Gasteiger partial charge in [0, 0.05) is 0 Å². The highest BCUT2D eigenvalue weighted by Gasteiger charge is 2.10. The third kappa shape index (κ3) is 10.7. The Labute approximate surface area is 231 Å². The Balaban J connectivity index is 1.97. The Bertz CT molecular complexity index is 1040. The number of aryl methyl sites for hydroxylation is 2. The minimum Gasteiger partial charge on any atom is -0.497 e. The van der Waals surface area contributed by atoms with Crippen LogP contribution in [0.15, 0.2) is 82.9 Å². The van der Waals surface area contributed by atoms with Crippen LogP contribution >= 0.6 is 0 Å². The number of nitrogens with zero attached hydrogens (tertiary/aromatic N) is 2. The topological polar surface area (TPSA) is 43.2 Å². The molecular weight excluding hydrogens is 468 g/mol. The first-order valence-corrected chi connectivity index (χ1v) is 14.4. The van der Waals surface area contributed by atoms with Crippen LogP contribution in [0.4, 0.5) is 5.69 Å². The van der Waals surface area contributed by atoms with Crippen LogP contribution < -0.4 is 4.74 Å². The van der Waals surface area contributed by atoms with E-state index in [-0.39, 0.29) is 0 Å². The van der Waals surface area contributed by atoms with Crippen LogP contribution in [-0.2, 0) is 17.6 Å². The number of ether oxygens (including phenoxy) is 2. The lowest BCUT2D eigenvalue weighted by atomic mass is 9.95. The van der Waals surface area contributed by atoms with Crippen LogP contribution in [-0.4, -0.2) is 13.7 Å². The number of hydrogen-bond acceptors (Lipinski definition) is 4. The Morgan fingerprint density at radius 3 is 1.97 bits per heavy atom. The second-order valence-corrected chi connectivity index (χ2v) is 9.62. The maximum Gasteiger partial charge on any atom is 0.118 e. The standard InChI is InChI=1S/C34H48N2O2/c1-7-11-12-13-14-15-16-17-24-38-27(5)18-21-32(10-4)35-36-34-28(8-2)25-31(26-29(34)9-3)30-19-22-33(37-6)23-20-30/h10,18-23,25-26H,5,7-9,11-17,24H2,1-4,6H3/b21-18-,32-10+,36-35?. The molecule has 0 spiro atoms. The Kier molecular flexibility index (Phi) is 14.9. The van der Waals surface area contributed by atoms with E-state index in [1.54, 1.807) is 7.11 Å². The molecule has 0 aliphatic carbocycles. The number of unbranched alkanes of at least 4 members (excludes halogenated alkanes) is 7. The first kappa shape index (κ1) is 31.1. The molecule has 0 N–H and O–H groups in total. The van der Waals surface area contributed by atoms with Crippen LogP contribution in [0.25, 0.3) is 11.1 Å². The van der Waals surface area contributed by atoms with Gasteiger partial charge >= 0.3 is 0 Å². The lowest BCUT2D eigenvalue weighted by Gasteiger charge is -2.12. The molecule has 0 saturated heterocycles. The average Bonchev–Trinajstić information content (AvgIpc) is 2.96. The maximum absolute atomic E-state index is 5.80. The largest absolute Gasteiger partial charge is 0.497 e. The highest BCUT2D eigenvalue weighted by molar-refractivity contribution is 5.70. The molecule has 0 aliphatic rings. The second-order valence-electron chi connectivity index (χ2n) is 9.62. The monoisotopic (exact) mass is 516 g/mol. The second kappa shape index (κ2) is 18.2. The van der Waals surface area contributed by atoms with Gasteiger partial charge in [-0.15, -0.1) is 5.11 Å². The molecule has 0 heterocycles. The zero-order valence-electron chi connectivity index (χ0n) is 24.4. The molecule has 2 aromatic rings. The number of rotatable bonds is 18. The van der Waals surface area contributed by atoms with Crippen LogP contribution in [0.5, 0.6) is 5.75 Å². The van der Waals surface area contributed by atoms with Gasteiger partial charge in [-0.1, -0.05) is 90.5 Å². The van der Waals surface area contributed by atoms with Crippen molar-refractivity contribution >= 4 is 5.69 Å². The lowest BCUT2D eigenvalue weighted by molar-refractivity contribution is 0.218.